The molecule has 128 valence electrons. The van der Waals surface area contributed by atoms with Gasteiger partial charge in [-0.25, -0.2) is 12.7 Å². The number of hydrogen-bond donors (Lipinski definition) is 1. The molecule has 0 spiro atoms. The van der Waals surface area contributed by atoms with Gasteiger partial charge in [0.05, 0.1) is 6.26 Å². The minimum atomic E-state index is -3.18. The van der Waals surface area contributed by atoms with Gasteiger partial charge in [0.1, 0.15) is 0 Å². The van der Waals surface area contributed by atoms with Gasteiger partial charge in [-0.05, 0) is 43.4 Å². The topological polar surface area (TPSA) is 66.5 Å². The van der Waals surface area contributed by atoms with Crippen molar-refractivity contribution >= 4 is 27.5 Å². The van der Waals surface area contributed by atoms with Crippen molar-refractivity contribution in [2.75, 3.05) is 19.3 Å². The van der Waals surface area contributed by atoms with Crippen molar-refractivity contribution in [3.8, 4) is 0 Å². The first-order valence-corrected chi connectivity index (χ1v) is 10.1. The molecule has 0 aromatic heterocycles. The van der Waals surface area contributed by atoms with E-state index in [1.54, 1.807) is 0 Å². The molecule has 1 atom stereocenters. The van der Waals surface area contributed by atoms with Crippen LogP contribution in [0.4, 0.5) is 0 Å². The summed E-state index contributed by atoms with van der Waals surface area (Å²) in [6, 6.07) is 7.54. The fraction of sp³-hybridized carbons (Fsp3) is 0.562. The lowest BCUT2D eigenvalue weighted by molar-refractivity contribution is -0.122. The van der Waals surface area contributed by atoms with Crippen molar-refractivity contribution in [1.82, 2.24) is 9.62 Å². The number of halogens is 1. The number of piperidine rings is 1. The second-order valence-electron chi connectivity index (χ2n) is 6.01. The number of nitrogens with zero attached hydrogens (tertiary/aromatic N) is 1. The van der Waals surface area contributed by atoms with Crippen LogP contribution in [0.3, 0.4) is 0 Å². The number of carbonyl (C=O) groups is 1. The van der Waals surface area contributed by atoms with Crippen LogP contribution >= 0.6 is 11.6 Å². The molecular weight excluding hydrogens is 336 g/mol. The molecule has 1 unspecified atom stereocenters. The van der Waals surface area contributed by atoms with Crippen LogP contribution in [0.15, 0.2) is 24.3 Å². The van der Waals surface area contributed by atoms with E-state index < -0.39 is 10.0 Å². The minimum absolute atomic E-state index is 0.0145. The first kappa shape index (κ1) is 18.2. The van der Waals surface area contributed by atoms with Gasteiger partial charge in [-0.3, -0.25) is 4.79 Å². The van der Waals surface area contributed by atoms with Gasteiger partial charge in [0.25, 0.3) is 0 Å². The Morgan fingerprint density at radius 1 is 1.35 bits per heavy atom. The summed E-state index contributed by atoms with van der Waals surface area (Å²) in [6.07, 6.45) is 4.85. The lowest BCUT2D eigenvalue weighted by atomic mass is 10.1. The molecule has 1 fully saturated rings. The van der Waals surface area contributed by atoms with Crippen LogP contribution in [0, 0.1) is 0 Å². The van der Waals surface area contributed by atoms with Crippen LogP contribution < -0.4 is 5.32 Å². The third-order valence-electron chi connectivity index (χ3n) is 4.00. The summed E-state index contributed by atoms with van der Waals surface area (Å²) in [4.78, 5) is 12.0. The maximum Gasteiger partial charge on any atom is 0.220 e. The second kappa shape index (κ2) is 8.13. The summed E-state index contributed by atoms with van der Waals surface area (Å²) in [5, 5.41) is 3.66. The van der Waals surface area contributed by atoms with Crippen LogP contribution in [-0.4, -0.2) is 44.0 Å². The van der Waals surface area contributed by atoms with E-state index >= 15 is 0 Å². The van der Waals surface area contributed by atoms with E-state index in [-0.39, 0.29) is 11.9 Å². The van der Waals surface area contributed by atoms with Crippen molar-refractivity contribution in [2.45, 2.75) is 38.1 Å². The quantitative estimate of drug-likeness (QED) is 0.847. The molecule has 2 rings (SSSR count). The predicted molar refractivity (Wildman–Crippen MR) is 92.0 cm³/mol. The van der Waals surface area contributed by atoms with Gasteiger partial charge in [0.15, 0.2) is 0 Å². The summed E-state index contributed by atoms with van der Waals surface area (Å²) >= 11 is 5.84. The summed E-state index contributed by atoms with van der Waals surface area (Å²) in [7, 11) is -3.18. The number of aryl methyl sites for hydroxylation is 1. The number of rotatable bonds is 6. The van der Waals surface area contributed by atoms with E-state index in [0.717, 1.165) is 31.2 Å². The van der Waals surface area contributed by atoms with Crippen LogP contribution in [-0.2, 0) is 21.2 Å². The summed E-state index contributed by atoms with van der Waals surface area (Å²) in [5.41, 5.74) is 1.16. The van der Waals surface area contributed by atoms with Crippen LogP contribution in [0.1, 0.15) is 31.2 Å². The molecular formula is C16H23ClN2O3S. The summed E-state index contributed by atoms with van der Waals surface area (Å²) in [5.74, 6) is -0.0145. The van der Waals surface area contributed by atoms with E-state index in [0.29, 0.717) is 24.5 Å². The first-order chi connectivity index (χ1) is 10.8. The molecule has 0 saturated carbocycles. The van der Waals surface area contributed by atoms with Crippen molar-refractivity contribution in [3.63, 3.8) is 0 Å². The highest BCUT2D eigenvalue weighted by molar-refractivity contribution is 7.88. The third-order valence-corrected chi connectivity index (χ3v) is 5.52. The van der Waals surface area contributed by atoms with Crippen molar-refractivity contribution in [2.24, 2.45) is 0 Å². The number of hydrogen-bond acceptors (Lipinski definition) is 3. The van der Waals surface area contributed by atoms with Gasteiger partial charge >= 0.3 is 0 Å². The van der Waals surface area contributed by atoms with E-state index in [2.05, 4.69) is 5.32 Å². The molecule has 0 bridgehead atoms. The Hall–Kier alpha value is -1.11. The van der Waals surface area contributed by atoms with Gasteiger partial charge < -0.3 is 5.32 Å². The average Bonchev–Trinajstić information content (AvgIpc) is 2.49. The Balaban J connectivity index is 1.73. The predicted octanol–water partition coefficient (Wildman–Crippen LogP) is 2.20. The van der Waals surface area contributed by atoms with Crippen molar-refractivity contribution in [1.29, 1.82) is 0 Å². The normalized spacial score (nSPS) is 19.5. The largest absolute Gasteiger partial charge is 0.352 e. The van der Waals surface area contributed by atoms with Crippen molar-refractivity contribution < 1.29 is 13.2 Å². The Morgan fingerprint density at radius 3 is 2.70 bits per heavy atom. The molecule has 1 aliphatic rings. The molecule has 1 aromatic carbocycles. The van der Waals surface area contributed by atoms with Crippen LogP contribution in [0.25, 0.3) is 0 Å². The lowest BCUT2D eigenvalue weighted by Crippen LogP contribution is -2.49. The molecule has 1 aliphatic heterocycles. The minimum Gasteiger partial charge on any atom is -0.352 e. The standard InChI is InChI=1S/C16H23ClN2O3S/c1-23(21,22)19-11-3-5-15(12-19)18-16(20)6-2-4-13-7-9-14(17)10-8-13/h7-10,15H,2-6,11-12H2,1H3,(H,18,20). The third kappa shape index (κ3) is 6.12. The first-order valence-electron chi connectivity index (χ1n) is 7.83. The molecule has 5 nitrogen and oxygen atoms in total. The number of amides is 1. The number of sulfonamides is 1. The zero-order valence-corrected chi connectivity index (χ0v) is 14.9. The Bertz CT molecular complexity index is 631. The molecule has 1 heterocycles. The molecule has 1 amide bonds. The Labute approximate surface area is 143 Å². The number of benzene rings is 1. The van der Waals surface area contributed by atoms with Crippen LogP contribution in [0.5, 0.6) is 0 Å². The summed E-state index contributed by atoms with van der Waals surface area (Å²) in [6.45, 7) is 0.920. The zero-order valence-electron chi connectivity index (χ0n) is 13.3. The van der Waals surface area contributed by atoms with Crippen molar-refractivity contribution in [3.05, 3.63) is 34.9 Å². The molecule has 1 aromatic rings. The highest BCUT2D eigenvalue weighted by Crippen LogP contribution is 2.14. The van der Waals surface area contributed by atoms with E-state index in [9.17, 15) is 13.2 Å². The lowest BCUT2D eigenvalue weighted by Gasteiger charge is -2.31. The summed E-state index contributed by atoms with van der Waals surface area (Å²) < 4.78 is 24.6. The molecule has 7 heteroatoms. The molecule has 0 aliphatic carbocycles. The molecule has 1 N–H and O–H groups in total. The SMILES string of the molecule is CS(=O)(=O)N1CCCC(NC(=O)CCCc2ccc(Cl)cc2)C1. The maximum absolute atomic E-state index is 12.0. The number of nitrogens with one attached hydrogen (secondary N) is 1. The fourth-order valence-electron chi connectivity index (χ4n) is 2.77. The molecule has 1 saturated heterocycles. The van der Waals surface area contributed by atoms with Gasteiger partial charge in [-0.15, -0.1) is 0 Å². The fourth-order valence-corrected chi connectivity index (χ4v) is 3.80. The van der Waals surface area contributed by atoms with Gasteiger partial charge in [-0.1, -0.05) is 23.7 Å². The molecule has 0 radical (unpaired) electrons. The van der Waals surface area contributed by atoms with E-state index in [1.165, 1.54) is 10.6 Å². The average molecular weight is 359 g/mol. The Morgan fingerprint density at radius 2 is 2.04 bits per heavy atom. The van der Waals surface area contributed by atoms with Gasteiger partial charge in [0, 0.05) is 30.6 Å². The Kier molecular flexibility index (Phi) is 6.44. The maximum atomic E-state index is 12.0. The van der Waals surface area contributed by atoms with E-state index in [4.69, 9.17) is 11.6 Å². The number of carbonyl (C=O) groups excluding carboxylic acids is 1. The highest BCUT2D eigenvalue weighted by Gasteiger charge is 2.26. The van der Waals surface area contributed by atoms with Gasteiger partial charge in [-0.2, -0.15) is 0 Å². The van der Waals surface area contributed by atoms with Gasteiger partial charge in [0.2, 0.25) is 15.9 Å². The highest BCUT2D eigenvalue weighted by atomic mass is 35.5. The van der Waals surface area contributed by atoms with Crippen LogP contribution in [0.2, 0.25) is 5.02 Å². The van der Waals surface area contributed by atoms with E-state index in [1.807, 2.05) is 24.3 Å². The zero-order chi connectivity index (χ0) is 16.9. The second-order valence-corrected chi connectivity index (χ2v) is 8.43. The molecule has 23 heavy (non-hydrogen) atoms. The monoisotopic (exact) mass is 358 g/mol. The smallest absolute Gasteiger partial charge is 0.220 e.